The Morgan fingerprint density at radius 3 is 2.12 bits per heavy atom. The van der Waals surface area contributed by atoms with E-state index in [9.17, 15) is 0 Å². The van der Waals surface area contributed by atoms with Gasteiger partial charge in [0.05, 0.1) is 23.3 Å². The minimum absolute atomic E-state index is 0.0775. The predicted octanol–water partition coefficient (Wildman–Crippen LogP) is 8.19. The van der Waals surface area contributed by atoms with Crippen molar-refractivity contribution in [2.24, 2.45) is 7.05 Å². The Kier molecular flexibility index (Phi) is 9.96. The maximum atomic E-state index is 15.7. The molecule has 0 amide bonds. The lowest BCUT2D eigenvalue weighted by atomic mass is 9.99. The Hall–Kier alpha value is -5.12. The number of nitrogens with zero attached hydrogens (tertiary/aromatic N) is 6. The summed E-state index contributed by atoms with van der Waals surface area (Å²) >= 11 is 6.08. The fourth-order valence-electron chi connectivity index (χ4n) is 7.51. The first kappa shape index (κ1) is 34.0. The molecular weight excluding hydrogens is 675 g/mol. The van der Waals surface area contributed by atoms with Crippen LogP contribution in [0.3, 0.4) is 0 Å². The van der Waals surface area contributed by atoms with Crippen LogP contribution < -0.4 is 19.3 Å². The molecule has 0 radical (unpaired) electrons. The van der Waals surface area contributed by atoms with Gasteiger partial charge in [-0.15, -0.1) is 0 Å². The molecular formula is C42H42ClFN6O2. The van der Waals surface area contributed by atoms with Gasteiger partial charge in [-0.3, -0.25) is 9.58 Å². The van der Waals surface area contributed by atoms with Gasteiger partial charge in [-0.1, -0.05) is 84.4 Å². The third-order valence-electron chi connectivity index (χ3n) is 10.2. The third kappa shape index (κ3) is 7.29. The number of para-hydroxylation sites is 1. The van der Waals surface area contributed by atoms with Crippen LogP contribution in [-0.4, -0.2) is 71.1 Å². The third-order valence-corrected chi connectivity index (χ3v) is 10.5. The van der Waals surface area contributed by atoms with Gasteiger partial charge in [-0.2, -0.15) is 10.1 Å². The summed E-state index contributed by atoms with van der Waals surface area (Å²) in [4.78, 5) is 11.7. The number of ether oxygens (including phenoxy) is 2. The highest BCUT2D eigenvalue weighted by molar-refractivity contribution is 6.30. The molecule has 0 saturated carbocycles. The summed E-state index contributed by atoms with van der Waals surface area (Å²) in [6.45, 7) is 5.23. The lowest BCUT2D eigenvalue weighted by Crippen LogP contribution is -2.58. The van der Waals surface area contributed by atoms with Gasteiger partial charge in [-0.25, -0.2) is 4.39 Å². The number of piperidine rings is 1. The first-order valence-corrected chi connectivity index (χ1v) is 18.3. The van der Waals surface area contributed by atoms with E-state index in [0.717, 1.165) is 83.8 Å². The smallest absolute Gasteiger partial charge is 0.226 e. The standard InChI is InChI=1S/C42H42ClFN6O2/c1-47-41-34(13-8-14-38(41)49-25-23-48(24-26-49)37-21-22-50(27-36(37)44)33-17-15-32(43)16-18-33)40(46-47)35-19-20-39(51-28-30-9-4-2-5-10-30)45-42(35)52-29-31-11-6-3-7-12-31/h2-20,36-37H,21-29H2,1H3/t36-,37+/m1/s1. The van der Waals surface area contributed by atoms with Crippen molar-refractivity contribution in [1.29, 1.82) is 0 Å². The largest absolute Gasteiger partial charge is 0.473 e. The van der Waals surface area contributed by atoms with E-state index < -0.39 is 6.17 Å². The number of aromatic nitrogens is 3. The molecule has 4 heterocycles. The zero-order valence-electron chi connectivity index (χ0n) is 29.2. The van der Waals surface area contributed by atoms with Crippen LogP contribution >= 0.6 is 11.6 Å². The number of fused-ring (bicyclic) bond motifs is 1. The van der Waals surface area contributed by atoms with E-state index in [4.69, 9.17) is 31.2 Å². The molecule has 0 aliphatic carbocycles. The molecule has 2 atom stereocenters. The highest BCUT2D eigenvalue weighted by Crippen LogP contribution is 2.39. The molecule has 2 aromatic heterocycles. The van der Waals surface area contributed by atoms with E-state index in [1.54, 1.807) is 0 Å². The van der Waals surface area contributed by atoms with Crippen LogP contribution in [0.5, 0.6) is 11.8 Å². The number of alkyl halides is 1. The molecule has 8 nitrogen and oxygen atoms in total. The number of anilines is 2. The van der Waals surface area contributed by atoms with Gasteiger partial charge in [-0.05, 0) is 53.9 Å². The Morgan fingerprint density at radius 1 is 0.731 bits per heavy atom. The predicted molar refractivity (Wildman–Crippen MR) is 206 cm³/mol. The minimum atomic E-state index is -0.916. The molecule has 52 heavy (non-hydrogen) atoms. The van der Waals surface area contributed by atoms with Gasteiger partial charge in [0.1, 0.15) is 25.1 Å². The second-order valence-electron chi connectivity index (χ2n) is 13.5. The van der Waals surface area contributed by atoms with Crippen LogP contribution in [0.25, 0.3) is 22.2 Å². The lowest BCUT2D eigenvalue weighted by molar-refractivity contribution is 0.0878. The normalized spacial score (nSPS) is 18.1. The molecule has 0 N–H and O–H groups in total. The molecule has 0 bridgehead atoms. The first-order valence-electron chi connectivity index (χ1n) is 17.9. The summed E-state index contributed by atoms with van der Waals surface area (Å²) < 4.78 is 30.1. The van der Waals surface area contributed by atoms with Gasteiger partial charge in [0.25, 0.3) is 0 Å². The maximum absolute atomic E-state index is 15.7. The van der Waals surface area contributed by atoms with E-state index in [-0.39, 0.29) is 6.04 Å². The second-order valence-corrected chi connectivity index (χ2v) is 14.0. The average Bonchev–Trinajstić information content (AvgIpc) is 3.53. The molecule has 4 aromatic carbocycles. The lowest BCUT2D eigenvalue weighted by Gasteiger charge is -2.45. The Morgan fingerprint density at radius 2 is 1.42 bits per heavy atom. The topological polar surface area (TPSA) is 58.9 Å². The number of piperazine rings is 1. The van der Waals surface area contributed by atoms with Crippen LogP contribution in [0.1, 0.15) is 17.5 Å². The molecule has 2 aliphatic heterocycles. The van der Waals surface area contributed by atoms with Crippen molar-refractivity contribution < 1.29 is 13.9 Å². The van der Waals surface area contributed by atoms with Crippen molar-refractivity contribution in [3.8, 4) is 23.0 Å². The minimum Gasteiger partial charge on any atom is -0.473 e. The SMILES string of the molecule is Cn1nc(-c2ccc(OCc3ccccc3)nc2OCc2ccccc2)c2cccc(N3CCN([C@H]4CCN(c5ccc(Cl)cc5)C[C@H]4F)CC3)c21. The number of hydrogen-bond acceptors (Lipinski definition) is 7. The van der Waals surface area contributed by atoms with Crippen LogP contribution in [0.2, 0.25) is 5.02 Å². The van der Waals surface area contributed by atoms with Crippen LogP contribution in [0.4, 0.5) is 15.8 Å². The number of hydrogen-bond donors (Lipinski definition) is 0. The van der Waals surface area contributed by atoms with Gasteiger partial charge < -0.3 is 19.3 Å². The molecule has 0 spiro atoms. The summed E-state index contributed by atoms with van der Waals surface area (Å²) in [5, 5.41) is 6.76. The van der Waals surface area contributed by atoms with Crippen LogP contribution in [0, 0.1) is 0 Å². The van der Waals surface area contributed by atoms with Crippen molar-refractivity contribution >= 4 is 33.9 Å². The van der Waals surface area contributed by atoms with Crippen molar-refractivity contribution in [2.45, 2.75) is 31.8 Å². The van der Waals surface area contributed by atoms with Gasteiger partial charge in [0.15, 0.2) is 0 Å². The monoisotopic (exact) mass is 716 g/mol. The van der Waals surface area contributed by atoms with E-state index in [0.29, 0.717) is 36.5 Å². The first-order chi connectivity index (χ1) is 25.5. The van der Waals surface area contributed by atoms with Crippen molar-refractivity contribution in [3.05, 3.63) is 131 Å². The van der Waals surface area contributed by atoms with E-state index in [2.05, 4.69) is 32.9 Å². The van der Waals surface area contributed by atoms with E-state index >= 15 is 4.39 Å². The van der Waals surface area contributed by atoms with Crippen molar-refractivity contribution in [1.82, 2.24) is 19.7 Å². The molecule has 266 valence electrons. The molecule has 2 fully saturated rings. The molecule has 2 saturated heterocycles. The number of pyridine rings is 1. The van der Waals surface area contributed by atoms with Gasteiger partial charge in [0, 0.05) is 68.0 Å². The Bertz CT molecular complexity index is 2110. The molecule has 8 rings (SSSR count). The molecule has 10 heteroatoms. The summed E-state index contributed by atoms with van der Waals surface area (Å²) in [6, 6.07) is 38.0. The number of rotatable bonds is 10. The number of halogens is 2. The fraction of sp³-hybridized carbons (Fsp3) is 0.286. The van der Waals surface area contributed by atoms with Crippen LogP contribution in [-0.2, 0) is 20.3 Å². The quantitative estimate of drug-likeness (QED) is 0.142. The number of benzene rings is 4. The zero-order valence-corrected chi connectivity index (χ0v) is 30.0. The summed E-state index contributed by atoms with van der Waals surface area (Å²) in [5.41, 5.74) is 6.90. The summed E-state index contributed by atoms with van der Waals surface area (Å²) in [5.74, 6) is 0.956. The van der Waals surface area contributed by atoms with Crippen molar-refractivity contribution in [2.75, 3.05) is 49.1 Å². The average molecular weight is 717 g/mol. The molecule has 0 unspecified atom stereocenters. The maximum Gasteiger partial charge on any atom is 0.226 e. The van der Waals surface area contributed by atoms with Gasteiger partial charge >= 0.3 is 0 Å². The highest BCUT2D eigenvalue weighted by Gasteiger charge is 2.35. The van der Waals surface area contributed by atoms with Crippen LogP contribution in [0.15, 0.2) is 115 Å². The fourth-order valence-corrected chi connectivity index (χ4v) is 7.63. The number of aryl methyl sites for hydroxylation is 1. The summed E-state index contributed by atoms with van der Waals surface area (Å²) in [6.07, 6.45) is -0.121. The zero-order chi connectivity index (χ0) is 35.4. The Balaban J connectivity index is 1.00. The van der Waals surface area contributed by atoms with Crippen molar-refractivity contribution in [3.63, 3.8) is 0 Å². The van der Waals surface area contributed by atoms with E-state index in [1.165, 1.54) is 0 Å². The van der Waals surface area contributed by atoms with E-state index in [1.807, 2.05) is 109 Å². The Labute approximate surface area is 309 Å². The summed E-state index contributed by atoms with van der Waals surface area (Å²) in [7, 11) is 1.99. The highest BCUT2D eigenvalue weighted by atomic mass is 35.5. The second kappa shape index (κ2) is 15.2. The van der Waals surface area contributed by atoms with Gasteiger partial charge in [0.2, 0.25) is 11.8 Å². The molecule has 6 aromatic rings. The molecule has 2 aliphatic rings.